The Bertz CT molecular complexity index is 266. The lowest BCUT2D eigenvalue weighted by Crippen LogP contribution is -2.58. The van der Waals surface area contributed by atoms with Crippen LogP contribution in [0.3, 0.4) is 0 Å². The smallest absolute Gasteiger partial charge is 0.0224 e. The SMILES string of the molecule is CCC1CNC(C2CCCCC2)CN1CCCCCSC. The molecule has 1 aliphatic carbocycles. The van der Waals surface area contributed by atoms with Crippen molar-refractivity contribution < 1.29 is 0 Å². The van der Waals surface area contributed by atoms with Gasteiger partial charge in [-0.15, -0.1) is 0 Å². The fraction of sp³-hybridized carbons (Fsp3) is 1.00. The molecule has 2 rings (SSSR count). The summed E-state index contributed by atoms with van der Waals surface area (Å²) in [6.45, 7) is 6.22. The first-order chi connectivity index (χ1) is 10.3. The van der Waals surface area contributed by atoms with E-state index in [9.17, 15) is 0 Å². The van der Waals surface area contributed by atoms with E-state index in [1.165, 1.54) is 83.2 Å². The number of nitrogens with one attached hydrogen (secondary N) is 1. The normalized spacial score (nSPS) is 28.9. The van der Waals surface area contributed by atoms with E-state index in [1.54, 1.807) is 0 Å². The van der Waals surface area contributed by atoms with Crippen LogP contribution in [0.5, 0.6) is 0 Å². The van der Waals surface area contributed by atoms with Crippen LogP contribution < -0.4 is 5.32 Å². The minimum Gasteiger partial charge on any atom is -0.311 e. The minimum atomic E-state index is 0.777. The van der Waals surface area contributed by atoms with Gasteiger partial charge in [0.2, 0.25) is 0 Å². The van der Waals surface area contributed by atoms with Gasteiger partial charge in [0.25, 0.3) is 0 Å². The van der Waals surface area contributed by atoms with Gasteiger partial charge in [0.05, 0.1) is 0 Å². The zero-order valence-corrected chi connectivity index (χ0v) is 15.1. The van der Waals surface area contributed by atoms with Gasteiger partial charge in [0, 0.05) is 25.2 Å². The molecule has 0 radical (unpaired) electrons. The molecule has 0 aromatic rings. The molecule has 1 saturated carbocycles. The number of rotatable bonds is 8. The summed E-state index contributed by atoms with van der Waals surface area (Å²) >= 11 is 1.99. The lowest BCUT2D eigenvalue weighted by atomic mass is 9.82. The van der Waals surface area contributed by atoms with E-state index in [1.807, 2.05) is 11.8 Å². The van der Waals surface area contributed by atoms with E-state index in [4.69, 9.17) is 0 Å². The van der Waals surface area contributed by atoms with Gasteiger partial charge in [-0.05, 0) is 56.6 Å². The van der Waals surface area contributed by atoms with Crippen molar-refractivity contribution in [1.29, 1.82) is 0 Å². The van der Waals surface area contributed by atoms with Crippen molar-refractivity contribution >= 4 is 11.8 Å². The first kappa shape index (κ1) is 17.6. The predicted octanol–water partition coefficient (Wildman–Crippen LogP) is 4.15. The summed E-state index contributed by atoms with van der Waals surface area (Å²) in [5.74, 6) is 2.29. The number of unbranched alkanes of at least 4 members (excludes halogenated alkanes) is 2. The molecule has 0 aromatic heterocycles. The van der Waals surface area contributed by atoms with Crippen molar-refractivity contribution in [2.75, 3.05) is 31.6 Å². The van der Waals surface area contributed by atoms with Crippen molar-refractivity contribution in [3.63, 3.8) is 0 Å². The first-order valence-electron chi connectivity index (χ1n) is 9.31. The second-order valence-electron chi connectivity index (χ2n) is 7.02. The Morgan fingerprint density at radius 3 is 2.62 bits per heavy atom. The number of nitrogens with zero attached hydrogens (tertiary/aromatic N) is 1. The quantitative estimate of drug-likeness (QED) is 0.678. The summed E-state index contributed by atoms with van der Waals surface area (Å²) in [5, 5.41) is 3.89. The third kappa shape index (κ3) is 5.76. The fourth-order valence-electron chi connectivity index (χ4n) is 4.15. The molecule has 0 bridgehead atoms. The lowest BCUT2D eigenvalue weighted by Gasteiger charge is -2.44. The Hall–Kier alpha value is 0.270. The van der Waals surface area contributed by atoms with Crippen LogP contribution >= 0.6 is 11.8 Å². The molecule has 3 heteroatoms. The predicted molar refractivity (Wildman–Crippen MR) is 96.3 cm³/mol. The summed E-state index contributed by atoms with van der Waals surface area (Å²) in [7, 11) is 0. The van der Waals surface area contributed by atoms with Crippen LogP contribution in [0.15, 0.2) is 0 Å². The molecule has 1 aliphatic heterocycles. The lowest BCUT2D eigenvalue weighted by molar-refractivity contribution is 0.0920. The second kappa shape index (κ2) is 10.1. The van der Waals surface area contributed by atoms with E-state index >= 15 is 0 Å². The van der Waals surface area contributed by atoms with Crippen molar-refractivity contribution in [2.24, 2.45) is 5.92 Å². The molecule has 2 nitrogen and oxygen atoms in total. The Morgan fingerprint density at radius 2 is 1.90 bits per heavy atom. The van der Waals surface area contributed by atoms with E-state index in [-0.39, 0.29) is 0 Å². The van der Waals surface area contributed by atoms with Crippen LogP contribution in [0.4, 0.5) is 0 Å². The van der Waals surface area contributed by atoms with Gasteiger partial charge < -0.3 is 5.32 Å². The second-order valence-corrected chi connectivity index (χ2v) is 8.01. The van der Waals surface area contributed by atoms with Gasteiger partial charge in [-0.2, -0.15) is 11.8 Å². The van der Waals surface area contributed by atoms with Crippen LogP contribution in [0.25, 0.3) is 0 Å². The van der Waals surface area contributed by atoms with Gasteiger partial charge in [0.1, 0.15) is 0 Å². The summed E-state index contributed by atoms with van der Waals surface area (Å²) in [6.07, 6.45) is 15.1. The molecule has 0 amide bonds. The highest BCUT2D eigenvalue weighted by atomic mass is 32.2. The van der Waals surface area contributed by atoms with Crippen molar-refractivity contribution in [2.45, 2.75) is 76.8 Å². The number of hydrogen-bond acceptors (Lipinski definition) is 3. The minimum absolute atomic E-state index is 0.777. The zero-order chi connectivity index (χ0) is 14.9. The Morgan fingerprint density at radius 1 is 1.10 bits per heavy atom. The van der Waals surface area contributed by atoms with E-state index in [0.717, 1.165) is 18.0 Å². The molecule has 0 aromatic carbocycles. The van der Waals surface area contributed by atoms with E-state index < -0.39 is 0 Å². The van der Waals surface area contributed by atoms with E-state index in [0.29, 0.717) is 0 Å². The van der Waals surface area contributed by atoms with Crippen LogP contribution in [0.1, 0.15) is 64.7 Å². The molecule has 2 fully saturated rings. The molecule has 2 aliphatic rings. The van der Waals surface area contributed by atoms with Crippen LogP contribution in [-0.4, -0.2) is 48.6 Å². The molecule has 1 N–H and O–H groups in total. The Labute approximate surface area is 136 Å². The summed E-state index contributed by atoms with van der Waals surface area (Å²) in [5.41, 5.74) is 0. The first-order valence-corrected chi connectivity index (χ1v) is 10.7. The molecule has 2 atom stereocenters. The van der Waals surface area contributed by atoms with Crippen LogP contribution in [0, 0.1) is 5.92 Å². The number of piperazine rings is 1. The third-order valence-electron chi connectivity index (χ3n) is 5.55. The average molecular weight is 313 g/mol. The molecule has 2 unspecified atom stereocenters. The van der Waals surface area contributed by atoms with Crippen LogP contribution in [0.2, 0.25) is 0 Å². The largest absolute Gasteiger partial charge is 0.311 e. The van der Waals surface area contributed by atoms with Crippen molar-refractivity contribution in [3.05, 3.63) is 0 Å². The summed E-state index contributed by atoms with van der Waals surface area (Å²) in [4.78, 5) is 2.81. The van der Waals surface area contributed by atoms with Gasteiger partial charge >= 0.3 is 0 Å². The highest BCUT2D eigenvalue weighted by Crippen LogP contribution is 2.28. The topological polar surface area (TPSA) is 15.3 Å². The molecular weight excluding hydrogens is 276 g/mol. The maximum absolute atomic E-state index is 3.89. The van der Waals surface area contributed by atoms with E-state index in [2.05, 4.69) is 23.4 Å². The van der Waals surface area contributed by atoms with Gasteiger partial charge in [-0.3, -0.25) is 4.90 Å². The van der Waals surface area contributed by atoms with Crippen molar-refractivity contribution in [3.8, 4) is 0 Å². The summed E-state index contributed by atoms with van der Waals surface area (Å²) < 4.78 is 0. The maximum Gasteiger partial charge on any atom is 0.0224 e. The average Bonchev–Trinajstić information content (AvgIpc) is 2.55. The number of hydrogen-bond donors (Lipinski definition) is 1. The third-order valence-corrected chi connectivity index (χ3v) is 6.24. The van der Waals surface area contributed by atoms with Gasteiger partial charge in [-0.1, -0.05) is 32.6 Å². The molecule has 0 spiro atoms. The standard InChI is InChI=1S/C18H36N2S/c1-3-17-14-19-18(16-10-6-4-7-11-16)15-20(17)12-8-5-9-13-21-2/h16-19H,3-15H2,1-2H3. The zero-order valence-electron chi connectivity index (χ0n) is 14.3. The molecule has 21 heavy (non-hydrogen) atoms. The highest BCUT2D eigenvalue weighted by Gasteiger charge is 2.31. The van der Waals surface area contributed by atoms with Crippen molar-refractivity contribution in [1.82, 2.24) is 10.2 Å². The molecule has 124 valence electrons. The Kier molecular flexibility index (Phi) is 8.49. The maximum atomic E-state index is 3.89. The Balaban J connectivity index is 1.75. The number of thioether (sulfide) groups is 1. The van der Waals surface area contributed by atoms with Crippen LogP contribution in [-0.2, 0) is 0 Å². The molecular formula is C18H36N2S. The summed E-state index contributed by atoms with van der Waals surface area (Å²) in [6, 6.07) is 1.56. The highest BCUT2D eigenvalue weighted by molar-refractivity contribution is 7.98. The monoisotopic (exact) mass is 312 g/mol. The molecule has 1 heterocycles. The van der Waals surface area contributed by atoms with Gasteiger partial charge in [-0.25, -0.2) is 0 Å². The molecule has 1 saturated heterocycles. The fourth-order valence-corrected chi connectivity index (χ4v) is 4.64. The van der Waals surface area contributed by atoms with Gasteiger partial charge in [0.15, 0.2) is 0 Å².